The van der Waals surface area contributed by atoms with Crippen LogP contribution in [0.5, 0.6) is 5.75 Å². The van der Waals surface area contributed by atoms with Gasteiger partial charge in [-0.3, -0.25) is 4.79 Å². The first-order valence-corrected chi connectivity index (χ1v) is 5.16. The predicted molar refractivity (Wildman–Crippen MR) is 65.9 cm³/mol. The minimum atomic E-state index is -4.76. The molecule has 0 aliphatic heterocycles. The third kappa shape index (κ3) is 6.30. The number of halogens is 4. The van der Waals surface area contributed by atoms with Gasteiger partial charge in [-0.1, -0.05) is 18.2 Å². The van der Waals surface area contributed by atoms with E-state index in [-0.39, 0.29) is 30.3 Å². The van der Waals surface area contributed by atoms with E-state index in [2.05, 4.69) is 10.1 Å². The monoisotopic (exact) mass is 298 g/mol. The van der Waals surface area contributed by atoms with Gasteiger partial charge in [0.05, 0.1) is 6.04 Å². The molecule has 1 aromatic rings. The zero-order chi connectivity index (χ0) is 13.8. The van der Waals surface area contributed by atoms with Crippen LogP contribution in [-0.4, -0.2) is 18.3 Å². The average Bonchev–Trinajstić information content (AvgIpc) is 2.25. The fraction of sp³-hybridized carbons (Fsp3) is 0.364. The van der Waals surface area contributed by atoms with E-state index in [0.29, 0.717) is 0 Å². The van der Waals surface area contributed by atoms with Gasteiger partial charge >= 0.3 is 6.36 Å². The summed E-state index contributed by atoms with van der Waals surface area (Å²) < 4.78 is 40.2. The van der Waals surface area contributed by atoms with Gasteiger partial charge in [-0.15, -0.1) is 25.6 Å². The number of nitrogens with two attached hydrogens (primary N) is 1. The molecule has 8 heteroatoms. The van der Waals surface area contributed by atoms with Crippen LogP contribution < -0.4 is 15.8 Å². The molecule has 3 N–H and O–H groups in total. The molecule has 1 aromatic carbocycles. The average molecular weight is 299 g/mol. The van der Waals surface area contributed by atoms with Gasteiger partial charge in [0.2, 0.25) is 5.91 Å². The van der Waals surface area contributed by atoms with E-state index >= 15 is 0 Å². The third-order valence-electron chi connectivity index (χ3n) is 2.06. The number of carbonyl (C=O) groups is 1. The van der Waals surface area contributed by atoms with E-state index in [4.69, 9.17) is 5.73 Å². The minimum Gasteiger partial charge on any atom is -0.405 e. The Kier molecular flexibility index (Phi) is 6.64. The second kappa shape index (κ2) is 7.20. The van der Waals surface area contributed by atoms with Crippen molar-refractivity contribution >= 4 is 18.3 Å². The van der Waals surface area contributed by atoms with Crippen molar-refractivity contribution < 1.29 is 22.7 Å². The molecule has 0 saturated heterocycles. The van der Waals surface area contributed by atoms with Gasteiger partial charge in [0.1, 0.15) is 5.75 Å². The van der Waals surface area contributed by atoms with Crippen molar-refractivity contribution in [3.8, 4) is 5.75 Å². The standard InChI is InChI=1S/C11H13F3N2O2.ClH/c1-7(15)10(17)16-6-8-4-2-3-5-9(8)18-11(12,13)14;/h2-5,7H,6,15H2,1H3,(H,16,17);1H/t7-;/m1./s1. The second-order valence-electron chi connectivity index (χ2n) is 3.66. The maximum Gasteiger partial charge on any atom is 0.573 e. The molecule has 1 amide bonds. The lowest BCUT2D eigenvalue weighted by atomic mass is 10.2. The van der Waals surface area contributed by atoms with Crippen molar-refractivity contribution in [1.82, 2.24) is 5.32 Å². The molecule has 1 atom stereocenters. The van der Waals surface area contributed by atoms with Gasteiger partial charge in [-0.25, -0.2) is 0 Å². The Morgan fingerprint density at radius 2 is 2.00 bits per heavy atom. The molecule has 0 aliphatic carbocycles. The van der Waals surface area contributed by atoms with Crippen molar-refractivity contribution in [2.75, 3.05) is 0 Å². The maximum atomic E-state index is 12.1. The molecular formula is C11H14ClF3N2O2. The molecule has 0 radical (unpaired) electrons. The second-order valence-corrected chi connectivity index (χ2v) is 3.66. The molecule has 0 bridgehead atoms. The van der Waals surface area contributed by atoms with Gasteiger partial charge in [0.15, 0.2) is 0 Å². The van der Waals surface area contributed by atoms with Gasteiger partial charge in [0, 0.05) is 12.1 Å². The summed E-state index contributed by atoms with van der Waals surface area (Å²) in [7, 11) is 0. The number of ether oxygens (including phenoxy) is 1. The minimum absolute atomic E-state index is 0. The van der Waals surface area contributed by atoms with E-state index in [0.717, 1.165) is 0 Å². The number of hydrogen-bond donors (Lipinski definition) is 2. The summed E-state index contributed by atoms with van der Waals surface area (Å²) in [4.78, 5) is 11.2. The predicted octanol–water partition coefficient (Wildman–Crippen LogP) is 1.97. The highest BCUT2D eigenvalue weighted by atomic mass is 35.5. The Morgan fingerprint density at radius 1 is 1.42 bits per heavy atom. The zero-order valence-electron chi connectivity index (χ0n) is 10.0. The number of nitrogens with one attached hydrogen (secondary N) is 1. The van der Waals surface area contributed by atoms with E-state index < -0.39 is 18.3 Å². The van der Waals surface area contributed by atoms with Crippen LogP contribution >= 0.6 is 12.4 Å². The lowest BCUT2D eigenvalue weighted by Gasteiger charge is -2.14. The summed E-state index contributed by atoms with van der Waals surface area (Å²) in [6.45, 7) is 1.40. The summed E-state index contributed by atoms with van der Waals surface area (Å²) in [5, 5.41) is 2.41. The van der Waals surface area contributed by atoms with Crippen molar-refractivity contribution in [3.05, 3.63) is 29.8 Å². The molecule has 4 nitrogen and oxygen atoms in total. The van der Waals surface area contributed by atoms with Gasteiger partial charge in [-0.2, -0.15) is 0 Å². The molecule has 1 rings (SSSR count). The third-order valence-corrected chi connectivity index (χ3v) is 2.06. The number of benzene rings is 1. The molecule has 0 aromatic heterocycles. The Morgan fingerprint density at radius 3 is 2.53 bits per heavy atom. The van der Waals surface area contributed by atoms with Crippen molar-refractivity contribution in [3.63, 3.8) is 0 Å². The maximum absolute atomic E-state index is 12.1. The van der Waals surface area contributed by atoms with Crippen LogP contribution in [-0.2, 0) is 11.3 Å². The van der Waals surface area contributed by atoms with Crippen molar-refractivity contribution in [1.29, 1.82) is 0 Å². The van der Waals surface area contributed by atoms with E-state index in [1.165, 1.54) is 25.1 Å². The highest BCUT2D eigenvalue weighted by molar-refractivity contribution is 5.85. The zero-order valence-corrected chi connectivity index (χ0v) is 10.8. The van der Waals surface area contributed by atoms with Gasteiger partial charge < -0.3 is 15.8 Å². The van der Waals surface area contributed by atoms with E-state index in [1.54, 1.807) is 6.07 Å². The Hall–Kier alpha value is -1.47. The fourth-order valence-corrected chi connectivity index (χ4v) is 1.22. The van der Waals surface area contributed by atoms with E-state index in [1.807, 2.05) is 0 Å². The number of rotatable bonds is 4. The normalized spacial score (nSPS) is 12.3. The highest BCUT2D eigenvalue weighted by Gasteiger charge is 2.31. The first-order chi connectivity index (χ1) is 8.29. The molecular weight excluding hydrogens is 285 g/mol. The highest BCUT2D eigenvalue weighted by Crippen LogP contribution is 2.25. The molecule has 0 fully saturated rings. The van der Waals surface area contributed by atoms with Crippen LogP contribution in [0.25, 0.3) is 0 Å². The quantitative estimate of drug-likeness (QED) is 0.893. The van der Waals surface area contributed by atoms with Gasteiger partial charge in [-0.05, 0) is 13.0 Å². The molecule has 108 valence electrons. The molecule has 0 spiro atoms. The first-order valence-electron chi connectivity index (χ1n) is 5.16. The fourth-order valence-electron chi connectivity index (χ4n) is 1.22. The first kappa shape index (κ1) is 17.5. The lowest BCUT2D eigenvalue weighted by molar-refractivity contribution is -0.274. The summed E-state index contributed by atoms with van der Waals surface area (Å²) >= 11 is 0. The summed E-state index contributed by atoms with van der Waals surface area (Å²) in [6.07, 6.45) is -4.76. The topological polar surface area (TPSA) is 64.4 Å². The molecule has 0 unspecified atom stereocenters. The van der Waals surface area contributed by atoms with Crippen molar-refractivity contribution in [2.24, 2.45) is 5.73 Å². The van der Waals surface area contributed by atoms with Crippen LogP contribution in [0.4, 0.5) is 13.2 Å². The Bertz CT molecular complexity index is 425. The number of hydrogen-bond acceptors (Lipinski definition) is 3. The molecule has 0 aliphatic rings. The number of para-hydroxylation sites is 1. The van der Waals surface area contributed by atoms with Crippen molar-refractivity contribution in [2.45, 2.75) is 25.9 Å². The van der Waals surface area contributed by atoms with Crippen LogP contribution in [0.1, 0.15) is 12.5 Å². The van der Waals surface area contributed by atoms with Crippen LogP contribution in [0.15, 0.2) is 24.3 Å². The number of alkyl halides is 3. The van der Waals surface area contributed by atoms with Crippen LogP contribution in [0.2, 0.25) is 0 Å². The Balaban J connectivity index is 0.00000324. The largest absolute Gasteiger partial charge is 0.573 e. The summed E-state index contributed by atoms with van der Waals surface area (Å²) in [5.41, 5.74) is 5.54. The smallest absolute Gasteiger partial charge is 0.405 e. The van der Waals surface area contributed by atoms with Crippen LogP contribution in [0.3, 0.4) is 0 Å². The summed E-state index contributed by atoms with van der Waals surface area (Å²) in [6, 6.07) is 4.86. The summed E-state index contributed by atoms with van der Waals surface area (Å²) in [5.74, 6) is -0.785. The SMILES string of the molecule is C[C@@H](N)C(=O)NCc1ccccc1OC(F)(F)F.Cl. The number of amides is 1. The van der Waals surface area contributed by atoms with Gasteiger partial charge in [0.25, 0.3) is 0 Å². The van der Waals surface area contributed by atoms with Crippen LogP contribution in [0, 0.1) is 0 Å². The number of carbonyl (C=O) groups excluding carboxylic acids is 1. The lowest BCUT2D eigenvalue weighted by Crippen LogP contribution is -2.37. The molecule has 19 heavy (non-hydrogen) atoms. The molecule has 0 heterocycles. The Labute approximate surface area is 114 Å². The van der Waals surface area contributed by atoms with E-state index in [9.17, 15) is 18.0 Å². The molecule has 0 saturated carbocycles.